The molecule has 3 N–H and O–H groups in total. The van der Waals surface area contributed by atoms with Crippen LogP contribution in [0.3, 0.4) is 0 Å². The lowest BCUT2D eigenvalue weighted by molar-refractivity contribution is 0.361. The molecule has 0 aliphatic carbocycles. The molecule has 1 aromatic rings. The van der Waals surface area contributed by atoms with Crippen molar-refractivity contribution in [3.63, 3.8) is 0 Å². The van der Waals surface area contributed by atoms with Crippen molar-refractivity contribution in [2.75, 3.05) is 13.1 Å². The van der Waals surface area contributed by atoms with Gasteiger partial charge in [0.25, 0.3) is 0 Å². The van der Waals surface area contributed by atoms with Crippen LogP contribution in [0.5, 0.6) is 11.5 Å². The number of halogens is 1. The summed E-state index contributed by atoms with van der Waals surface area (Å²) in [6.45, 7) is 3.92. The SMILES string of the molecule is Cc1c(Cl)cc(O)c(O)c1CC1CCCNC1. The summed E-state index contributed by atoms with van der Waals surface area (Å²) in [6.07, 6.45) is 3.08. The molecule has 1 aromatic carbocycles. The van der Waals surface area contributed by atoms with Gasteiger partial charge in [0.2, 0.25) is 0 Å². The van der Waals surface area contributed by atoms with E-state index in [2.05, 4.69) is 5.32 Å². The molecule has 17 heavy (non-hydrogen) atoms. The summed E-state index contributed by atoms with van der Waals surface area (Å²) >= 11 is 6.02. The first-order valence-electron chi connectivity index (χ1n) is 6.00. The molecule has 1 atom stereocenters. The summed E-state index contributed by atoms with van der Waals surface area (Å²) in [4.78, 5) is 0. The van der Waals surface area contributed by atoms with Crippen molar-refractivity contribution in [1.29, 1.82) is 0 Å². The van der Waals surface area contributed by atoms with Gasteiger partial charge in [-0.1, -0.05) is 11.6 Å². The van der Waals surface area contributed by atoms with Gasteiger partial charge >= 0.3 is 0 Å². The second kappa shape index (κ2) is 5.15. The van der Waals surface area contributed by atoms with Crippen LogP contribution in [0.25, 0.3) is 0 Å². The Bertz CT molecular complexity index is 388. The molecular formula is C13H18ClNO2. The van der Waals surface area contributed by atoms with Crippen LogP contribution in [0, 0.1) is 12.8 Å². The van der Waals surface area contributed by atoms with E-state index in [1.165, 1.54) is 6.07 Å². The van der Waals surface area contributed by atoms with Crippen molar-refractivity contribution in [1.82, 2.24) is 5.32 Å². The van der Waals surface area contributed by atoms with Gasteiger partial charge in [-0.3, -0.25) is 0 Å². The Morgan fingerprint density at radius 3 is 2.88 bits per heavy atom. The van der Waals surface area contributed by atoms with Crippen LogP contribution in [-0.4, -0.2) is 23.3 Å². The number of hydrogen-bond donors (Lipinski definition) is 3. The second-order valence-electron chi connectivity index (χ2n) is 4.75. The first-order chi connectivity index (χ1) is 8.09. The third-order valence-corrected chi connectivity index (χ3v) is 3.89. The number of phenolic OH excluding ortho intramolecular Hbond substituents is 2. The van der Waals surface area contributed by atoms with E-state index in [1.807, 2.05) is 6.92 Å². The van der Waals surface area contributed by atoms with E-state index in [-0.39, 0.29) is 11.5 Å². The van der Waals surface area contributed by atoms with E-state index in [9.17, 15) is 10.2 Å². The standard InChI is InChI=1S/C13H18ClNO2/c1-8-10(5-9-3-2-4-15-7-9)13(17)12(16)6-11(8)14/h6,9,15-17H,2-5,7H2,1H3. The number of aromatic hydroxyl groups is 2. The van der Waals surface area contributed by atoms with Crippen LogP contribution in [0.15, 0.2) is 6.07 Å². The highest BCUT2D eigenvalue weighted by Crippen LogP contribution is 2.37. The number of rotatable bonds is 2. The summed E-state index contributed by atoms with van der Waals surface area (Å²) in [5, 5.41) is 23.3. The molecule has 0 aromatic heterocycles. The molecule has 94 valence electrons. The van der Waals surface area contributed by atoms with Crippen molar-refractivity contribution in [3.8, 4) is 11.5 Å². The molecule has 1 aliphatic rings. The average molecular weight is 256 g/mol. The van der Waals surface area contributed by atoms with Gasteiger partial charge in [0.1, 0.15) is 0 Å². The molecule has 1 fully saturated rings. The molecule has 1 saturated heterocycles. The monoisotopic (exact) mass is 255 g/mol. The maximum absolute atomic E-state index is 9.90. The Kier molecular flexibility index (Phi) is 3.79. The molecule has 0 radical (unpaired) electrons. The van der Waals surface area contributed by atoms with Crippen LogP contribution < -0.4 is 5.32 Å². The summed E-state index contributed by atoms with van der Waals surface area (Å²) < 4.78 is 0. The van der Waals surface area contributed by atoms with E-state index in [0.717, 1.165) is 43.5 Å². The smallest absolute Gasteiger partial charge is 0.161 e. The lowest BCUT2D eigenvalue weighted by Gasteiger charge is -2.24. The van der Waals surface area contributed by atoms with Gasteiger partial charge in [0.05, 0.1) is 0 Å². The van der Waals surface area contributed by atoms with Crippen LogP contribution in [0.4, 0.5) is 0 Å². The zero-order valence-electron chi connectivity index (χ0n) is 9.96. The van der Waals surface area contributed by atoms with Crippen molar-refractivity contribution in [2.45, 2.75) is 26.2 Å². The van der Waals surface area contributed by atoms with Crippen molar-refractivity contribution in [2.24, 2.45) is 5.92 Å². The van der Waals surface area contributed by atoms with Gasteiger partial charge < -0.3 is 15.5 Å². The molecule has 0 spiro atoms. The summed E-state index contributed by atoms with van der Waals surface area (Å²) in [5.74, 6) is 0.364. The Hall–Kier alpha value is -0.930. The predicted molar refractivity (Wildman–Crippen MR) is 68.8 cm³/mol. The molecule has 1 unspecified atom stereocenters. The summed E-state index contributed by atoms with van der Waals surface area (Å²) in [7, 11) is 0. The number of nitrogens with one attached hydrogen (secondary N) is 1. The Morgan fingerprint density at radius 1 is 1.47 bits per heavy atom. The maximum Gasteiger partial charge on any atom is 0.161 e. The van der Waals surface area contributed by atoms with Crippen LogP contribution in [0.2, 0.25) is 5.02 Å². The minimum absolute atomic E-state index is 0.0162. The van der Waals surface area contributed by atoms with Gasteiger partial charge in [-0.25, -0.2) is 0 Å². The van der Waals surface area contributed by atoms with Gasteiger partial charge in [-0.2, -0.15) is 0 Å². The highest BCUT2D eigenvalue weighted by atomic mass is 35.5. The fourth-order valence-electron chi connectivity index (χ4n) is 2.41. The van der Waals surface area contributed by atoms with E-state index < -0.39 is 0 Å². The Labute approximate surface area is 106 Å². The molecule has 1 aliphatic heterocycles. The molecule has 4 heteroatoms. The molecule has 2 rings (SSSR count). The van der Waals surface area contributed by atoms with E-state index in [0.29, 0.717) is 10.9 Å². The first-order valence-corrected chi connectivity index (χ1v) is 6.38. The van der Waals surface area contributed by atoms with E-state index in [4.69, 9.17) is 11.6 Å². The van der Waals surface area contributed by atoms with Crippen molar-refractivity contribution in [3.05, 3.63) is 22.2 Å². The number of phenols is 2. The normalized spacial score (nSPS) is 20.5. The fraction of sp³-hybridized carbons (Fsp3) is 0.538. The van der Waals surface area contributed by atoms with Gasteiger partial charge in [-0.15, -0.1) is 0 Å². The molecular weight excluding hydrogens is 238 g/mol. The van der Waals surface area contributed by atoms with Crippen molar-refractivity contribution < 1.29 is 10.2 Å². The zero-order chi connectivity index (χ0) is 12.4. The lowest BCUT2D eigenvalue weighted by atomic mass is 9.90. The molecule has 1 heterocycles. The quantitative estimate of drug-likeness (QED) is 0.712. The Morgan fingerprint density at radius 2 is 2.24 bits per heavy atom. The minimum atomic E-state index is -0.126. The van der Waals surface area contributed by atoms with Crippen LogP contribution in [-0.2, 0) is 6.42 Å². The molecule has 0 bridgehead atoms. The average Bonchev–Trinajstić information content (AvgIpc) is 2.33. The fourth-order valence-corrected chi connectivity index (χ4v) is 2.63. The van der Waals surface area contributed by atoms with E-state index >= 15 is 0 Å². The van der Waals surface area contributed by atoms with Gasteiger partial charge in [-0.05, 0) is 50.8 Å². The van der Waals surface area contributed by atoms with E-state index in [1.54, 1.807) is 0 Å². The number of hydrogen-bond acceptors (Lipinski definition) is 3. The third-order valence-electron chi connectivity index (χ3n) is 3.49. The molecule has 0 saturated carbocycles. The molecule has 0 amide bonds. The van der Waals surface area contributed by atoms with Crippen LogP contribution in [0.1, 0.15) is 24.0 Å². The topological polar surface area (TPSA) is 52.5 Å². The maximum atomic E-state index is 9.90. The highest BCUT2D eigenvalue weighted by Gasteiger charge is 2.19. The first kappa shape index (κ1) is 12.5. The highest BCUT2D eigenvalue weighted by molar-refractivity contribution is 6.31. The van der Waals surface area contributed by atoms with Crippen LogP contribution >= 0.6 is 11.6 Å². The summed E-state index contributed by atoms with van der Waals surface area (Å²) in [6, 6.07) is 1.40. The Balaban J connectivity index is 2.24. The third kappa shape index (κ3) is 2.67. The zero-order valence-corrected chi connectivity index (χ0v) is 10.7. The van der Waals surface area contributed by atoms with Crippen molar-refractivity contribution >= 4 is 11.6 Å². The minimum Gasteiger partial charge on any atom is -0.504 e. The second-order valence-corrected chi connectivity index (χ2v) is 5.15. The molecule has 3 nitrogen and oxygen atoms in total. The van der Waals surface area contributed by atoms with Gasteiger partial charge in [0.15, 0.2) is 11.5 Å². The summed E-state index contributed by atoms with van der Waals surface area (Å²) in [5.41, 5.74) is 1.65. The lowest BCUT2D eigenvalue weighted by Crippen LogP contribution is -2.31. The number of benzene rings is 1. The largest absolute Gasteiger partial charge is 0.504 e. The van der Waals surface area contributed by atoms with Gasteiger partial charge in [0, 0.05) is 16.7 Å². The predicted octanol–water partition coefficient (Wildman–Crippen LogP) is 2.60. The number of piperidine rings is 1.